The number of fused-ring (bicyclic) bond motifs is 1. The molecule has 1 spiro atoms. The van der Waals surface area contributed by atoms with Crippen molar-refractivity contribution < 1.29 is 19.4 Å². The van der Waals surface area contributed by atoms with Gasteiger partial charge in [-0.3, -0.25) is 9.59 Å². The van der Waals surface area contributed by atoms with Crippen LogP contribution in [0, 0.1) is 18.8 Å². The molecule has 5 heteroatoms. The number of rotatable bonds is 3. The lowest BCUT2D eigenvalue weighted by atomic mass is 9.72. The van der Waals surface area contributed by atoms with Crippen molar-refractivity contribution in [1.29, 1.82) is 0 Å². The lowest BCUT2D eigenvalue weighted by molar-refractivity contribution is -0.151. The van der Waals surface area contributed by atoms with E-state index in [1.807, 2.05) is 43.3 Å². The Bertz CT molecular complexity index is 725. The predicted octanol–water partition coefficient (Wildman–Crippen LogP) is 1.75. The summed E-state index contributed by atoms with van der Waals surface area (Å²) in [6, 6.07) is 8.02. The van der Waals surface area contributed by atoms with Crippen molar-refractivity contribution in [3.63, 3.8) is 0 Å². The lowest BCUT2D eigenvalue weighted by Crippen LogP contribution is -2.43. The van der Waals surface area contributed by atoms with Gasteiger partial charge in [0.05, 0.1) is 18.1 Å². The molecule has 1 amide bonds. The first-order valence-corrected chi connectivity index (χ1v) is 7.82. The van der Waals surface area contributed by atoms with Gasteiger partial charge in [0.1, 0.15) is 11.5 Å². The highest BCUT2D eigenvalue weighted by Crippen LogP contribution is 2.57. The van der Waals surface area contributed by atoms with Gasteiger partial charge in [-0.1, -0.05) is 42.0 Å². The quantitative estimate of drug-likeness (QED) is 0.863. The van der Waals surface area contributed by atoms with Crippen molar-refractivity contribution in [3.05, 3.63) is 47.5 Å². The Kier molecular flexibility index (Phi) is 2.79. The van der Waals surface area contributed by atoms with E-state index in [0.717, 1.165) is 5.56 Å². The number of hydrogen-bond donors (Lipinski definition) is 1. The molecule has 23 heavy (non-hydrogen) atoms. The molecular formula is C18H19NO4. The van der Waals surface area contributed by atoms with Crippen molar-refractivity contribution in [2.75, 3.05) is 6.54 Å². The van der Waals surface area contributed by atoms with E-state index in [0.29, 0.717) is 13.1 Å². The summed E-state index contributed by atoms with van der Waals surface area (Å²) in [5.41, 5.74) is 0.555. The van der Waals surface area contributed by atoms with Crippen molar-refractivity contribution in [2.24, 2.45) is 11.8 Å². The van der Waals surface area contributed by atoms with Gasteiger partial charge in [-0.15, -0.1) is 0 Å². The van der Waals surface area contributed by atoms with E-state index in [1.165, 1.54) is 5.56 Å². The third kappa shape index (κ3) is 1.89. The summed E-state index contributed by atoms with van der Waals surface area (Å²) >= 11 is 0. The Hall–Kier alpha value is -2.14. The zero-order chi connectivity index (χ0) is 16.4. The monoisotopic (exact) mass is 313 g/mol. The average Bonchev–Trinajstić information content (AvgIpc) is 3.04. The zero-order valence-corrected chi connectivity index (χ0v) is 13.2. The van der Waals surface area contributed by atoms with E-state index in [-0.39, 0.29) is 5.91 Å². The highest BCUT2D eigenvalue weighted by Gasteiger charge is 2.71. The largest absolute Gasteiger partial charge is 0.481 e. The lowest BCUT2D eigenvalue weighted by Gasteiger charge is -2.27. The van der Waals surface area contributed by atoms with E-state index in [1.54, 1.807) is 11.8 Å². The SMILES string of the molecule is Cc1ccc(CN2C[C@]34C=C[C@@](C)(O3)[C@@H](C(=O)O)[C@@H]4C2=O)cc1. The zero-order valence-electron chi connectivity index (χ0n) is 13.2. The maximum absolute atomic E-state index is 12.8. The van der Waals surface area contributed by atoms with Crippen LogP contribution in [0.2, 0.25) is 0 Å². The van der Waals surface area contributed by atoms with Crippen LogP contribution in [0.3, 0.4) is 0 Å². The number of carbonyl (C=O) groups excluding carboxylic acids is 1. The number of carboxylic acids is 1. The molecule has 2 bridgehead atoms. The van der Waals surface area contributed by atoms with Crippen LogP contribution in [-0.4, -0.2) is 39.6 Å². The summed E-state index contributed by atoms with van der Waals surface area (Å²) in [5, 5.41) is 9.58. The topological polar surface area (TPSA) is 66.8 Å². The predicted molar refractivity (Wildman–Crippen MR) is 82.6 cm³/mol. The highest BCUT2D eigenvalue weighted by molar-refractivity contribution is 5.91. The molecule has 120 valence electrons. The van der Waals surface area contributed by atoms with Crippen LogP contribution in [0.1, 0.15) is 18.1 Å². The number of likely N-dealkylation sites (tertiary alicyclic amines) is 1. The first kappa shape index (κ1) is 14.5. The number of aliphatic carboxylic acids is 1. The van der Waals surface area contributed by atoms with Gasteiger partial charge in [-0.05, 0) is 19.4 Å². The summed E-state index contributed by atoms with van der Waals surface area (Å²) in [4.78, 5) is 26.3. The maximum atomic E-state index is 12.8. The Morgan fingerprint density at radius 3 is 2.70 bits per heavy atom. The summed E-state index contributed by atoms with van der Waals surface area (Å²) in [6.45, 7) is 4.68. The number of carboxylic acid groups (broad SMARTS) is 1. The molecule has 2 saturated heterocycles. The molecule has 1 N–H and O–H groups in total. The van der Waals surface area contributed by atoms with Crippen molar-refractivity contribution in [1.82, 2.24) is 4.90 Å². The van der Waals surface area contributed by atoms with Crippen LogP contribution in [0.15, 0.2) is 36.4 Å². The molecule has 4 rings (SSSR count). The van der Waals surface area contributed by atoms with Crippen molar-refractivity contribution in [2.45, 2.75) is 31.6 Å². The van der Waals surface area contributed by atoms with Gasteiger partial charge in [-0.2, -0.15) is 0 Å². The minimum absolute atomic E-state index is 0.119. The molecule has 0 unspecified atom stereocenters. The fourth-order valence-electron chi connectivity index (χ4n) is 4.27. The maximum Gasteiger partial charge on any atom is 0.310 e. The molecule has 1 aromatic carbocycles. The minimum atomic E-state index is -0.964. The second kappa shape index (κ2) is 4.45. The van der Waals surface area contributed by atoms with Gasteiger partial charge in [0.2, 0.25) is 5.91 Å². The molecule has 3 aliphatic heterocycles. The minimum Gasteiger partial charge on any atom is -0.481 e. The van der Waals surface area contributed by atoms with Gasteiger partial charge < -0.3 is 14.7 Å². The molecule has 0 saturated carbocycles. The molecule has 3 aliphatic rings. The molecule has 1 aromatic rings. The molecule has 4 atom stereocenters. The third-order valence-corrected chi connectivity index (χ3v) is 5.36. The summed E-state index contributed by atoms with van der Waals surface area (Å²) in [7, 11) is 0. The van der Waals surface area contributed by atoms with E-state index in [2.05, 4.69) is 0 Å². The number of carbonyl (C=O) groups is 2. The molecule has 2 fully saturated rings. The van der Waals surface area contributed by atoms with Crippen LogP contribution >= 0.6 is 0 Å². The number of benzene rings is 1. The first-order chi connectivity index (χ1) is 10.8. The summed E-state index contributed by atoms with van der Waals surface area (Å²) in [6.07, 6.45) is 3.70. The van der Waals surface area contributed by atoms with Crippen LogP contribution in [0.4, 0.5) is 0 Å². The smallest absolute Gasteiger partial charge is 0.310 e. The normalized spacial score (nSPS) is 37.5. The number of hydrogen-bond acceptors (Lipinski definition) is 3. The second-order valence-corrected chi connectivity index (χ2v) is 7.05. The van der Waals surface area contributed by atoms with Crippen LogP contribution in [0.5, 0.6) is 0 Å². The first-order valence-electron chi connectivity index (χ1n) is 7.82. The molecule has 0 aromatic heterocycles. The van der Waals surface area contributed by atoms with Gasteiger partial charge in [0.25, 0.3) is 0 Å². The number of aryl methyl sites for hydroxylation is 1. The Morgan fingerprint density at radius 1 is 1.35 bits per heavy atom. The number of amides is 1. The highest BCUT2D eigenvalue weighted by atomic mass is 16.5. The van der Waals surface area contributed by atoms with Crippen LogP contribution < -0.4 is 0 Å². The molecule has 3 heterocycles. The number of ether oxygens (including phenoxy) is 1. The Balaban J connectivity index is 1.64. The van der Waals surface area contributed by atoms with Crippen LogP contribution in [0.25, 0.3) is 0 Å². The van der Waals surface area contributed by atoms with E-state index in [9.17, 15) is 14.7 Å². The Morgan fingerprint density at radius 2 is 2.04 bits per heavy atom. The molecule has 0 radical (unpaired) electrons. The summed E-state index contributed by atoms with van der Waals surface area (Å²) in [5.74, 6) is -2.52. The van der Waals surface area contributed by atoms with Gasteiger partial charge in [-0.25, -0.2) is 0 Å². The third-order valence-electron chi connectivity index (χ3n) is 5.36. The average molecular weight is 313 g/mol. The Labute approximate surface area is 134 Å². The van der Waals surface area contributed by atoms with E-state index in [4.69, 9.17) is 4.74 Å². The summed E-state index contributed by atoms with van der Waals surface area (Å²) < 4.78 is 6.05. The molecule has 0 aliphatic carbocycles. The van der Waals surface area contributed by atoms with Gasteiger partial charge in [0.15, 0.2) is 0 Å². The second-order valence-electron chi connectivity index (χ2n) is 7.05. The number of nitrogens with zero attached hydrogens (tertiary/aromatic N) is 1. The fraction of sp³-hybridized carbons (Fsp3) is 0.444. The fourth-order valence-corrected chi connectivity index (χ4v) is 4.27. The standard InChI is InChI=1S/C18H19NO4/c1-11-3-5-12(6-4-11)9-19-10-18-8-7-17(2,23-18)14(16(21)22)13(18)15(19)20/h3-8,13-14H,9-10H2,1-2H3,(H,21,22)/t13-,14-,17-,18+/m1/s1. The van der Waals surface area contributed by atoms with Gasteiger partial charge in [0, 0.05) is 6.54 Å². The van der Waals surface area contributed by atoms with Crippen LogP contribution in [-0.2, 0) is 20.9 Å². The molecular weight excluding hydrogens is 294 g/mol. The van der Waals surface area contributed by atoms with Crippen molar-refractivity contribution in [3.8, 4) is 0 Å². The van der Waals surface area contributed by atoms with E-state index < -0.39 is 29.0 Å². The van der Waals surface area contributed by atoms with Gasteiger partial charge >= 0.3 is 5.97 Å². The van der Waals surface area contributed by atoms with E-state index >= 15 is 0 Å². The molecule has 5 nitrogen and oxygen atoms in total. The van der Waals surface area contributed by atoms with Crippen molar-refractivity contribution >= 4 is 11.9 Å².